The van der Waals surface area contributed by atoms with Gasteiger partial charge < -0.3 is 19.7 Å². The summed E-state index contributed by atoms with van der Waals surface area (Å²) in [7, 11) is 1.64. The largest absolute Gasteiger partial charge is 0.497 e. The number of amides is 1. The Morgan fingerprint density at radius 2 is 2.00 bits per heavy atom. The molecule has 2 heterocycles. The van der Waals surface area contributed by atoms with Gasteiger partial charge in [0.05, 0.1) is 13.2 Å². The number of aliphatic hydroxyl groups is 1. The van der Waals surface area contributed by atoms with Crippen LogP contribution < -0.4 is 4.74 Å². The Hall–Kier alpha value is -2.05. The molecule has 1 saturated heterocycles. The van der Waals surface area contributed by atoms with Gasteiger partial charge in [-0.3, -0.25) is 9.69 Å². The van der Waals surface area contributed by atoms with E-state index in [1.54, 1.807) is 7.11 Å². The highest BCUT2D eigenvalue weighted by Crippen LogP contribution is 2.26. The topological polar surface area (TPSA) is 68.8 Å². The molecule has 0 unspecified atom stereocenters. The lowest BCUT2D eigenvalue weighted by Crippen LogP contribution is -2.53. The lowest BCUT2D eigenvalue weighted by atomic mass is 10.1. The van der Waals surface area contributed by atoms with Gasteiger partial charge in [0.2, 0.25) is 0 Å². The van der Waals surface area contributed by atoms with Gasteiger partial charge in [-0.2, -0.15) is 0 Å². The van der Waals surface area contributed by atoms with E-state index in [0.29, 0.717) is 18.8 Å². The minimum Gasteiger partial charge on any atom is -0.497 e. The van der Waals surface area contributed by atoms with E-state index in [1.807, 2.05) is 29.2 Å². The Bertz CT molecular complexity index is 764. The minimum absolute atomic E-state index is 0.0433. The highest BCUT2D eigenvalue weighted by atomic mass is 16.5. The predicted octanol–water partition coefficient (Wildman–Crippen LogP) is 1.85. The number of nitrogens with zero attached hydrogens (tertiary/aromatic N) is 2. The number of methoxy groups -OCH3 is 1. The van der Waals surface area contributed by atoms with Crippen LogP contribution in [0.15, 0.2) is 24.3 Å². The number of ether oxygens (including phenoxy) is 1. The summed E-state index contributed by atoms with van der Waals surface area (Å²) in [5.41, 5.74) is 1.54. The average Bonchev–Trinajstić information content (AvgIpc) is 3.26. The summed E-state index contributed by atoms with van der Waals surface area (Å²) in [6, 6.07) is 7.95. The maximum atomic E-state index is 12.8. The number of nitrogens with one attached hydrogen (secondary N) is 1. The van der Waals surface area contributed by atoms with Crippen molar-refractivity contribution in [3.8, 4) is 5.75 Å². The Kier molecular flexibility index (Phi) is 4.39. The van der Waals surface area contributed by atoms with Gasteiger partial charge in [0, 0.05) is 49.2 Å². The summed E-state index contributed by atoms with van der Waals surface area (Å²) < 4.78 is 5.24. The number of H-pyrrole nitrogens is 1. The van der Waals surface area contributed by atoms with E-state index >= 15 is 0 Å². The van der Waals surface area contributed by atoms with E-state index in [4.69, 9.17) is 4.74 Å². The van der Waals surface area contributed by atoms with Crippen LogP contribution in [0.4, 0.5) is 0 Å². The second-order valence-electron chi connectivity index (χ2n) is 7.03. The van der Waals surface area contributed by atoms with Gasteiger partial charge in [-0.1, -0.05) is 0 Å². The Labute approximate surface area is 147 Å². The molecule has 6 heteroatoms. The molecule has 1 amide bonds. The maximum Gasteiger partial charge on any atom is 0.270 e. The first-order valence-corrected chi connectivity index (χ1v) is 9.04. The number of carbonyl (C=O) groups is 1. The zero-order valence-electron chi connectivity index (χ0n) is 14.6. The number of fused-ring (bicyclic) bond motifs is 1. The van der Waals surface area contributed by atoms with Crippen molar-refractivity contribution in [1.82, 2.24) is 14.8 Å². The molecule has 0 spiro atoms. The second kappa shape index (κ2) is 6.69. The molecule has 0 radical (unpaired) electrons. The van der Waals surface area contributed by atoms with Gasteiger partial charge >= 0.3 is 0 Å². The van der Waals surface area contributed by atoms with Crippen molar-refractivity contribution in [2.24, 2.45) is 0 Å². The van der Waals surface area contributed by atoms with Crippen molar-refractivity contribution in [1.29, 1.82) is 0 Å². The Morgan fingerprint density at radius 1 is 1.20 bits per heavy atom. The number of hydrogen-bond donors (Lipinski definition) is 2. The van der Waals surface area contributed by atoms with Crippen molar-refractivity contribution in [2.45, 2.75) is 31.4 Å². The number of aliphatic hydroxyl groups excluding tert-OH is 1. The first kappa shape index (κ1) is 16.4. The summed E-state index contributed by atoms with van der Waals surface area (Å²) in [5, 5.41) is 11.1. The van der Waals surface area contributed by atoms with E-state index in [1.165, 1.54) is 0 Å². The standard InChI is InChI=1S/C19H25N3O3/c1-25-14-6-5-13-11-16(20-15(13)12-14)19(24)22-9-7-21(8-10-22)17-3-2-4-18(17)23/h5-6,11-12,17-18,20,23H,2-4,7-10H2,1H3/t17-,18+/m0/s1. The van der Waals surface area contributed by atoms with Gasteiger partial charge in [-0.25, -0.2) is 0 Å². The fourth-order valence-corrected chi connectivity index (χ4v) is 4.12. The van der Waals surface area contributed by atoms with Crippen LogP contribution >= 0.6 is 0 Å². The first-order valence-electron chi connectivity index (χ1n) is 9.04. The van der Waals surface area contributed by atoms with E-state index in [0.717, 1.165) is 49.0 Å². The average molecular weight is 343 g/mol. The molecule has 134 valence electrons. The van der Waals surface area contributed by atoms with Gasteiger partial charge in [-0.15, -0.1) is 0 Å². The molecule has 2 fully saturated rings. The van der Waals surface area contributed by atoms with Gasteiger partial charge in [0.25, 0.3) is 5.91 Å². The van der Waals surface area contributed by atoms with Crippen LogP contribution in [0.5, 0.6) is 5.75 Å². The number of aromatic amines is 1. The maximum absolute atomic E-state index is 12.8. The molecule has 0 bridgehead atoms. The molecule has 1 saturated carbocycles. The highest BCUT2D eigenvalue weighted by molar-refractivity contribution is 5.98. The van der Waals surface area contributed by atoms with Crippen molar-refractivity contribution >= 4 is 16.8 Å². The van der Waals surface area contributed by atoms with Gasteiger partial charge in [0.1, 0.15) is 11.4 Å². The SMILES string of the molecule is COc1ccc2cc(C(=O)N3CCN([C@H]4CCC[C@H]4O)CC3)[nH]c2c1. The third-order valence-electron chi connectivity index (χ3n) is 5.57. The molecule has 2 atom stereocenters. The molecule has 2 N–H and O–H groups in total. The van der Waals surface area contributed by atoms with Crippen LogP contribution in [0.2, 0.25) is 0 Å². The van der Waals surface area contributed by atoms with E-state index in [-0.39, 0.29) is 18.1 Å². The molecule has 4 rings (SSSR count). The van der Waals surface area contributed by atoms with Gasteiger partial charge in [-0.05, 0) is 37.5 Å². The van der Waals surface area contributed by atoms with Crippen molar-refractivity contribution in [3.05, 3.63) is 30.0 Å². The molecule has 2 aliphatic rings. The molecule has 1 aliphatic carbocycles. The molecule has 6 nitrogen and oxygen atoms in total. The van der Waals surface area contributed by atoms with Crippen molar-refractivity contribution < 1.29 is 14.6 Å². The van der Waals surface area contributed by atoms with Gasteiger partial charge in [0.15, 0.2) is 0 Å². The number of piperazine rings is 1. The summed E-state index contributed by atoms with van der Waals surface area (Å²) in [5.74, 6) is 0.818. The fourth-order valence-electron chi connectivity index (χ4n) is 4.12. The van der Waals surface area contributed by atoms with Crippen LogP contribution in [0.3, 0.4) is 0 Å². The summed E-state index contributed by atoms with van der Waals surface area (Å²) >= 11 is 0. The number of rotatable bonds is 3. The van der Waals surface area contributed by atoms with Crippen LogP contribution in [-0.2, 0) is 0 Å². The number of carbonyl (C=O) groups excluding carboxylic acids is 1. The highest BCUT2D eigenvalue weighted by Gasteiger charge is 2.33. The summed E-state index contributed by atoms with van der Waals surface area (Å²) in [4.78, 5) is 20.3. The zero-order valence-corrected chi connectivity index (χ0v) is 14.6. The lowest BCUT2D eigenvalue weighted by Gasteiger charge is -2.38. The number of benzene rings is 1. The third kappa shape index (κ3) is 3.12. The number of aromatic nitrogens is 1. The smallest absolute Gasteiger partial charge is 0.270 e. The predicted molar refractivity (Wildman–Crippen MR) is 96.0 cm³/mol. The normalized spacial score (nSPS) is 24.8. The monoisotopic (exact) mass is 343 g/mol. The Morgan fingerprint density at radius 3 is 2.68 bits per heavy atom. The van der Waals surface area contributed by atoms with Crippen molar-refractivity contribution in [2.75, 3.05) is 33.3 Å². The zero-order chi connectivity index (χ0) is 17.4. The molecule has 25 heavy (non-hydrogen) atoms. The van der Waals surface area contributed by atoms with E-state index in [9.17, 15) is 9.90 Å². The summed E-state index contributed by atoms with van der Waals surface area (Å²) in [6.07, 6.45) is 2.87. The molecular weight excluding hydrogens is 318 g/mol. The van der Waals surface area contributed by atoms with Crippen LogP contribution in [0, 0.1) is 0 Å². The molecule has 1 aliphatic heterocycles. The minimum atomic E-state index is -0.203. The second-order valence-corrected chi connectivity index (χ2v) is 7.03. The molecule has 2 aromatic rings. The van der Waals surface area contributed by atoms with Crippen LogP contribution in [-0.4, -0.2) is 71.2 Å². The quantitative estimate of drug-likeness (QED) is 0.892. The Balaban J connectivity index is 1.43. The third-order valence-corrected chi connectivity index (χ3v) is 5.57. The summed E-state index contributed by atoms with van der Waals surface area (Å²) in [6.45, 7) is 3.09. The molecule has 1 aromatic carbocycles. The van der Waals surface area contributed by atoms with Crippen LogP contribution in [0.25, 0.3) is 10.9 Å². The molecular formula is C19H25N3O3. The lowest BCUT2D eigenvalue weighted by molar-refractivity contribution is 0.0313. The van der Waals surface area contributed by atoms with Crippen LogP contribution in [0.1, 0.15) is 29.8 Å². The molecule has 1 aromatic heterocycles. The van der Waals surface area contributed by atoms with Crippen molar-refractivity contribution in [3.63, 3.8) is 0 Å². The fraction of sp³-hybridized carbons (Fsp3) is 0.526. The first-order chi connectivity index (χ1) is 12.2. The van der Waals surface area contributed by atoms with E-state index in [2.05, 4.69) is 9.88 Å². The number of hydrogen-bond acceptors (Lipinski definition) is 4. The van der Waals surface area contributed by atoms with E-state index < -0.39 is 0 Å².